The molecule has 1 N–H and O–H groups in total. The van der Waals surface area contributed by atoms with Crippen LogP contribution in [0, 0.1) is 5.82 Å². The molecule has 0 radical (unpaired) electrons. The number of nitrogens with one attached hydrogen (secondary N) is 1. The van der Waals surface area contributed by atoms with Gasteiger partial charge in [0.2, 0.25) is 5.92 Å². The summed E-state index contributed by atoms with van der Waals surface area (Å²) in [6, 6.07) is 7.60. The Morgan fingerprint density at radius 1 is 1.17 bits per heavy atom. The molecule has 0 bridgehead atoms. The van der Waals surface area contributed by atoms with Crippen LogP contribution in [0.15, 0.2) is 35.3 Å². The Bertz CT molecular complexity index is 1010. The lowest BCUT2D eigenvalue weighted by molar-refractivity contribution is -0.0399. The third-order valence-electron chi connectivity index (χ3n) is 5.58. The number of amides is 1. The minimum atomic E-state index is -2.68. The maximum Gasteiger partial charge on any atom is 0.254 e. The van der Waals surface area contributed by atoms with Crippen LogP contribution in [0.5, 0.6) is 0 Å². The fourth-order valence-electron chi connectivity index (χ4n) is 3.91. The van der Waals surface area contributed by atoms with Gasteiger partial charge in [0.25, 0.3) is 5.91 Å². The van der Waals surface area contributed by atoms with E-state index < -0.39 is 17.6 Å². The maximum atomic E-state index is 14.6. The van der Waals surface area contributed by atoms with Crippen LogP contribution in [0.1, 0.15) is 47.2 Å². The first-order valence-electron chi connectivity index (χ1n) is 9.72. The molecular formula is C22H19Cl2F3N2O. The molecule has 0 atom stereocenters. The zero-order chi connectivity index (χ0) is 21.5. The van der Waals surface area contributed by atoms with Gasteiger partial charge in [-0.2, -0.15) is 0 Å². The number of nitrogens with zero attached hydrogens (tertiary/aromatic N) is 1. The molecule has 2 aromatic rings. The SMILES string of the molecule is O=C(NC1CCC(F)(F)CC1)c1cc2c(cc1F)N=C(Cc1c(Cl)cccc1Cl)C2. The van der Waals surface area contributed by atoms with Gasteiger partial charge in [-0.25, -0.2) is 13.2 Å². The van der Waals surface area contributed by atoms with Crippen molar-refractivity contribution >= 4 is 40.5 Å². The van der Waals surface area contributed by atoms with E-state index in [1.807, 2.05) is 0 Å². The summed E-state index contributed by atoms with van der Waals surface area (Å²) >= 11 is 12.4. The van der Waals surface area contributed by atoms with Gasteiger partial charge in [-0.15, -0.1) is 0 Å². The molecule has 1 amide bonds. The Balaban J connectivity index is 1.46. The number of aliphatic imine (C=N–C) groups is 1. The highest BCUT2D eigenvalue weighted by Crippen LogP contribution is 2.34. The van der Waals surface area contributed by atoms with Crippen LogP contribution in [0.25, 0.3) is 0 Å². The van der Waals surface area contributed by atoms with E-state index in [1.54, 1.807) is 18.2 Å². The minimum Gasteiger partial charge on any atom is -0.349 e. The summed E-state index contributed by atoms with van der Waals surface area (Å²) in [5.41, 5.74) is 2.62. The maximum absolute atomic E-state index is 14.6. The van der Waals surface area contributed by atoms with Gasteiger partial charge in [0, 0.05) is 53.5 Å². The van der Waals surface area contributed by atoms with E-state index in [4.69, 9.17) is 23.2 Å². The van der Waals surface area contributed by atoms with Crippen molar-refractivity contribution in [2.75, 3.05) is 0 Å². The van der Waals surface area contributed by atoms with E-state index in [2.05, 4.69) is 10.3 Å². The molecule has 2 aliphatic rings. The second-order valence-electron chi connectivity index (χ2n) is 7.80. The Morgan fingerprint density at radius 2 is 1.83 bits per heavy atom. The Labute approximate surface area is 182 Å². The standard InChI is InChI=1S/C22H19Cl2F3N2O/c23-17-2-1-3-18(24)15(17)10-14-8-12-9-16(19(25)11-20(12)28-14)21(30)29-13-4-6-22(26,27)7-5-13/h1-3,9,11,13H,4-8,10H2,(H,29,30). The van der Waals surface area contributed by atoms with Crippen molar-refractivity contribution in [3.05, 3.63) is 62.9 Å². The molecule has 8 heteroatoms. The molecule has 0 aromatic heterocycles. The fourth-order valence-corrected chi connectivity index (χ4v) is 4.44. The van der Waals surface area contributed by atoms with Crippen molar-refractivity contribution < 1.29 is 18.0 Å². The Morgan fingerprint density at radius 3 is 2.50 bits per heavy atom. The molecule has 0 unspecified atom stereocenters. The van der Waals surface area contributed by atoms with Crippen LogP contribution < -0.4 is 5.32 Å². The second kappa shape index (κ2) is 8.23. The lowest BCUT2D eigenvalue weighted by Crippen LogP contribution is -2.40. The molecular weight excluding hydrogens is 436 g/mol. The lowest BCUT2D eigenvalue weighted by Gasteiger charge is -2.28. The fraction of sp³-hybridized carbons (Fsp3) is 0.364. The molecule has 158 valence electrons. The smallest absolute Gasteiger partial charge is 0.254 e. The van der Waals surface area contributed by atoms with Crippen LogP contribution in [0.4, 0.5) is 18.9 Å². The van der Waals surface area contributed by atoms with Gasteiger partial charge >= 0.3 is 0 Å². The zero-order valence-corrected chi connectivity index (χ0v) is 17.5. The summed E-state index contributed by atoms with van der Waals surface area (Å²) < 4.78 is 41.1. The average molecular weight is 455 g/mol. The summed E-state index contributed by atoms with van der Waals surface area (Å²) in [4.78, 5) is 17.0. The number of benzene rings is 2. The molecule has 30 heavy (non-hydrogen) atoms. The summed E-state index contributed by atoms with van der Waals surface area (Å²) in [5.74, 6) is -3.96. The van der Waals surface area contributed by atoms with Crippen molar-refractivity contribution in [2.24, 2.45) is 4.99 Å². The van der Waals surface area contributed by atoms with E-state index in [-0.39, 0.29) is 37.3 Å². The van der Waals surface area contributed by atoms with Crippen LogP contribution >= 0.6 is 23.2 Å². The average Bonchev–Trinajstić information content (AvgIpc) is 3.07. The van der Waals surface area contributed by atoms with Gasteiger partial charge in [0.05, 0.1) is 11.3 Å². The molecule has 0 spiro atoms. The van der Waals surface area contributed by atoms with E-state index in [1.165, 1.54) is 12.1 Å². The van der Waals surface area contributed by atoms with Crippen LogP contribution in [-0.4, -0.2) is 23.6 Å². The minimum absolute atomic E-state index is 0.0988. The number of hydrogen-bond acceptors (Lipinski definition) is 2. The van der Waals surface area contributed by atoms with Gasteiger partial charge in [-0.05, 0) is 42.2 Å². The summed E-state index contributed by atoms with van der Waals surface area (Å²) in [6.45, 7) is 0. The number of carbonyl (C=O) groups excluding carboxylic acids is 1. The largest absolute Gasteiger partial charge is 0.349 e. The number of hydrogen-bond donors (Lipinski definition) is 1. The van der Waals surface area contributed by atoms with Gasteiger partial charge in [0.1, 0.15) is 5.82 Å². The van der Waals surface area contributed by atoms with Gasteiger partial charge in [-0.3, -0.25) is 9.79 Å². The number of fused-ring (bicyclic) bond motifs is 1. The zero-order valence-electron chi connectivity index (χ0n) is 16.0. The molecule has 1 fully saturated rings. The van der Waals surface area contributed by atoms with Crippen molar-refractivity contribution in [1.29, 1.82) is 0 Å². The third kappa shape index (κ3) is 4.49. The monoisotopic (exact) mass is 454 g/mol. The summed E-state index contributed by atoms with van der Waals surface area (Å²) in [5, 5.41) is 3.75. The van der Waals surface area contributed by atoms with Crippen LogP contribution in [0.3, 0.4) is 0 Å². The number of alkyl halides is 2. The van der Waals surface area contributed by atoms with E-state index in [0.717, 1.165) is 16.8 Å². The highest BCUT2D eigenvalue weighted by Gasteiger charge is 2.35. The van der Waals surface area contributed by atoms with Crippen molar-refractivity contribution in [3.63, 3.8) is 0 Å². The molecule has 1 aliphatic heterocycles. The Hall–Kier alpha value is -2.05. The van der Waals surface area contributed by atoms with Gasteiger partial charge in [0.15, 0.2) is 0 Å². The first-order chi connectivity index (χ1) is 14.2. The van der Waals surface area contributed by atoms with Gasteiger partial charge in [-0.1, -0.05) is 29.3 Å². The first kappa shape index (κ1) is 21.2. The normalized spacial score (nSPS) is 18.1. The second-order valence-corrected chi connectivity index (χ2v) is 8.61. The molecule has 1 aliphatic carbocycles. The third-order valence-corrected chi connectivity index (χ3v) is 6.29. The van der Waals surface area contributed by atoms with Crippen LogP contribution in [-0.2, 0) is 12.8 Å². The molecule has 0 saturated heterocycles. The lowest BCUT2D eigenvalue weighted by atomic mass is 9.92. The molecule has 1 saturated carbocycles. The van der Waals surface area contributed by atoms with Crippen molar-refractivity contribution in [1.82, 2.24) is 5.32 Å². The van der Waals surface area contributed by atoms with Crippen molar-refractivity contribution in [3.8, 4) is 0 Å². The molecule has 4 rings (SSSR count). The van der Waals surface area contributed by atoms with E-state index >= 15 is 0 Å². The van der Waals surface area contributed by atoms with E-state index in [0.29, 0.717) is 28.6 Å². The predicted molar refractivity (Wildman–Crippen MR) is 112 cm³/mol. The topological polar surface area (TPSA) is 41.5 Å². The summed E-state index contributed by atoms with van der Waals surface area (Å²) in [6.07, 6.45) is 0.687. The van der Waals surface area contributed by atoms with Gasteiger partial charge < -0.3 is 5.32 Å². The highest BCUT2D eigenvalue weighted by molar-refractivity contribution is 6.36. The first-order valence-corrected chi connectivity index (χ1v) is 10.5. The number of rotatable bonds is 4. The van der Waals surface area contributed by atoms with E-state index in [9.17, 15) is 18.0 Å². The Kier molecular flexibility index (Phi) is 5.82. The highest BCUT2D eigenvalue weighted by atomic mass is 35.5. The van der Waals surface area contributed by atoms with Crippen LogP contribution in [0.2, 0.25) is 10.0 Å². The number of carbonyl (C=O) groups is 1. The molecule has 1 heterocycles. The van der Waals surface area contributed by atoms with Crippen molar-refractivity contribution in [2.45, 2.75) is 50.5 Å². The predicted octanol–water partition coefficient (Wildman–Crippen LogP) is 6.31. The summed E-state index contributed by atoms with van der Waals surface area (Å²) in [7, 11) is 0. The molecule has 3 nitrogen and oxygen atoms in total. The number of halogens is 5. The molecule has 2 aromatic carbocycles. The quantitative estimate of drug-likeness (QED) is 0.577.